The number of methoxy groups -OCH3 is 2. The summed E-state index contributed by atoms with van der Waals surface area (Å²) < 4.78 is 10.3. The van der Waals surface area contributed by atoms with Gasteiger partial charge in [0.2, 0.25) is 0 Å². The summed E-state index contributed by atoms with van der Waals surface area (Å²) in [6.07, 6.45) is 1.38. The standard InChI is InChI=1S/C18H18ClN3O4/c1-11-4-6-13(9-14(11)19)21-17(23)18(24)22-20-10-12-5-7-15(25-2)16(8-12)26-3/h4-10H,1-3H3,(H,21,23)(H,22,24)/b20-10-. The zero-order chi connectivity index (χ0) is 19.1. The van der Waals surface area contributed by atoms with Crippen LogP contribution in [0.1, 0.15) is 11.1 Å². The van der Waals surface area contributed by atoms with E-state index in [2.05, 4.69) is 15.8 Å². The first-order chi connectivity index (χ1) is 12.4. The Hall–Kier alpha value is -3.06. The van der Waals surface area contributed by atoms with E-state index in [0.717, 1.165) is 5.56 Å². The average molecular weight is 376 g/mol. The van der Waals surface area contributed by atoms with Gasteiger partial charge < -0.3 is 14.8 Å². The monoisotopic (exact) mass is 375 g/mol. The minimum absolute atomic E-state index is 0.421. The molecule has 0 radical (unpaired) electrons. The lowest BCUT2D eigenvalue weighted by molar-refractivity contribution is -0.136. The summed E-state index contributed by atoms with van der Waals surface area (Å²) in [4.78, 5) is 23.7. The van der Waals surface area contributed by atoms with Crippen molar-refractivity contribution < 1.29 is 19.1 Å². The van der Waals surface area contributed by atoms with Gasteiger partial charge in [-0.2, -0.15) is 5.10 Å². The highest BCUT2D eigenvalue weighted by molar-refractivity contribution is 6.39. The van der Waals surface area contributed by atoms with E-state index in [4.69, 9.17) is 21.1 Å². The molecule has 0 unspecified atom stereocenters. The Kier molecular flexibility index (Phi) is 6.57. The summed E-state index contributed by atoms with van der Waals surface area (Å²) in [6, 6.07) is 10.1. The van der Waals surface area contributed by atoms with Gasteiger partial charge in [0.25, 0.3) is 0 Å². The normalized spacial score (nSPS) is 10.5. The fraction of sp³-hybridized carbons (Fsp3) is 0.167. The van der Waals surface area contributed by atoms with Gasteiger partial charge in [0.15, 0.2) is 11.5 Å². The van der Waals surface area contributed by atoms with E-state index < -0.39 is 11.8 Å². The predicted octanol–water partition coefficient (Wildman–Crippen LogP) is 2.75. The Morgan fingerprint density at radius 3 is 2.42 bits per heavy atom. The van der Waals surface area contributed by atoms with Gasteiger partial charge in [-0.15, -0.1) is 0 Å². The first kappa shape index (κ1) is 19.3. The number of nitrogens with zero attached hydrogens (tertiary/aromatic N) is 1. The summed E-state index contributed by atoms with van der Waals surface area (Å²) >= 11 is 5.98. The topological polar surface area (TPSA) is 89.0 Å². The molecule has 7 nitrogen and oxygen atoms in total. The fourth-order valence-corrected chi connectivity index (χ4v) is 2.19. The highest BCUT2D eigenvalue weighted by Gasteiger charge is 2.13. The summed E-state index contributed by atoms with van der Waals surface area (Å²) in [6.45, 7) is 1.84. The second-order valence-corrected chi connectivity index (χ2v) is 5.64. The Morgan fingerprint density at radius 2 is 1.77 bits per heavy atom. The molecule has 0 aliphatic heterocycles. The second kappa shape index (κ2) is 8.87. The maximum absolute atomic E-state index is 11.9. The van der Waals surface area contributed by atoms with Crippen molar-refractivity contribution in [3.05, 3.63) is 52.5 Å². The number of benzene rings is 2. The number of hydrogen-bond acceptors (Lipinski definition) is 5. The molecular weight excluding hydrogens is 358 g/mol. The third-order valence-corrected chi connectivity index (χ3v) is 3.83. The molecule has 0 aromatic heterocycles. The van der Waals surface area contributed by atoms with Gasteiger partial charge in [-0.05, 0) is 48.4 Å². The molecule has 0 aliphatic carbocycles. The number of anilines is 1. The summed E-state index contributed by atoms with van der Waals surface area (Å²) in [5, 5.41) is 6.70. The van der Waals surface area contributed by atoms with Crippen molar-refractivity contribution in [2.24, 2.45) is 5.10 Å². The Labute approximate surface area is 155 Å². The highest BCUT2D eigenvalue weighted by Crippen LogP contribution is 2.26. The van der Waals surface area contributed by atoms with Crippen LogP contribution in [0.15, 0.2) is 41.5 Å². The van der Waals surface area contributed by atoms with Crippen LogP contribution in [0.3, 0.4) is 0 Å². The molecule has 2 rings (SSSR count). The van der Waals surface area contributed by atoms with Crippen molar-refractivity contribution in [1.82, 2.24) is 5.43 Å². The minimum Gasteiger partial charge on any atom is -0.493 e. The van der Waals surface area contributed by atoms with Crippen molar-refractivity contribution in [2.75, 3.05) is 19.5 Å². The molecule has 0 saturated heterocycles. The van der Waals surface area contributed by atoms with Gasteiger partial charge >= 0.3 is 11.8 Å². The number of halogens is 1. The van der Waals surface area contributed by atoms with Crippen LogP contribution >= 0.6 is 11.6 Å². The van der Waals surface area contributed by atoms with Crippen LogP contribution in [0.25, 0.3) is 0 Å². The molecule has 8 heteroatoms. The number of amides is 2. The predicted molar refractivity (Wildman–Crippen MR) is 100 cm³/mol. The van der Waals surface area contributed by atoms with E-state index >= 15 is 0 Å². The van der Waals surface area contributed by atoms with E-state index in [9.17, 15) is 9.59 Å². The summed E-state index contributed by atoms with van der Waals surface area (Å²) in [5.74, 6) is -0.658. The first-order valence-electron chi connectivity index (χ1n) is 7.57. The van der Waals surface area contributed by atoms with Gasteiger partial charge in [0.1, 0.15) is 0 Å². The van der Waals surface area contributed by atoms with Gasteiger partial charge in [0, 0.05) is 10.7 Å². The molecule has 0 heterocycles. The van der Waals surface area contributed by atoms with Crippen LogP contribution in [0.4, 0.5) is 5.69 Å². The molecule has 0 bridgehead atoms. The highest BCUT2D eigenvalue weighted by atomic mass is 35.5. The van der Waals surface area contributed by atoms with Crippen molar-refractivity contribution >= 4 is 35.3 Å². The van der Waals surface area contributed by atoms with Crippen molar-refractivity contribution in [3.63, 3.8) is 0 Å². The number of nitrogens with one attached hydrogen (secondary N) is 2. The van der Waals surface area contributed by atoms with Crippen LogP contribution in [-0.4, -0.2) is 32.2 Å². The Bertz CT molecular complexity index is 852. The lowest BCUT2D eigenvalue weighted by atomic mass is 10.2. The fourth-order valence-electron chi connectivity index (χ4n) is 2.01. The molecule has 0 spiro atoms. The smallest absolute Gasteiger partial charge is 0.329 e. The third-order valence-electron chi connectivity index (χ3n) is 3.42. The van der Waals surface area contributed by atoms with Crippen LogP contribution in [0.5, 0.6) is 11.5 Å². The molecule has 0 aliphatic rings. The van der Waals surface area contributed by atoms with E-state index in [1.807, 2.05) is 6.92 Å². The SMILES string of the molecule is COc1ccc(/C=N\NC(=O)C(=O)Nc2ccc(C)c(Cl)c2)cc1OC. The third kappa shape index (κ3) is 4.97. The van der Waals surface area contributed by atoms with Gasteiger partial charge in [-0.25, -0.2) is 5.43 Å². The van der Waals surface area contributed by atoms with Gasteiger partial charge in [-0.3, -0.25) is 9.59 Å². The summed E-state index contributed by atoms with van der Waals surface area (Å²) in [7, 11) is 3.05. The molecule has 0 saturated carbocycles. The van der Waals surface area contributed by atoms with Crippen LogP contribution in [0.2, 0.25) is 5.02 Å². The maximum atomic E-state index is 11.9. The molecule has 136 valence electrons. The van der Waals surface area contributed by atoms with Crippen molar-refractivity contribution in [2.45, 2.75) is 6.92 Å². The number of carbonyl (C=O) groups is 2. The molecule has 2 amide bonds. The minimum atomic E-state index is -0.904. The number of aryl methyl sites for hydroxylation is 1. The lowest BCUT2D eigenvalue weighted by Gasteiger charge is -2.07. The van der Waals surface area contributed by atoms with E-state index in [1.165, 1.54) is 20.4 Å². The number of rotatable bonds is 5. The Morgan fingerprint density at radius 1 is 1.04 bits per heavy atom. The van der Waals surface area contributed by atoms with E-state index in [1.54, 1.807) is 36.4 Å². The molecule has 2 aromatic carbocycles. The van der Waals surface area contributed by atoms with Crippen LogP contribution < -0.4 is 20.2 Å². The molecule has 0 fully saturated rings. The number of ether oxygens (including phenoxy) is 2. The van der Waals surface area contributed by atoms with E-state index in [0.29, 0.717) is 27.8 Å². The van der Waals surface area contributed by atoms with Gasteiger partial charge in [-0.1, -0.05) is 17.7 Å². The lowest BCUT2D eigenvalue weighted by Crippen LogP contribution is -2.32. The van der Waals surface area contributed by atoms with E-state index in [-0.39, 0.29) is 0 Å². The molecular formula is C18H18ClN3O4. The Balaban J connectivity index is 1.95. The van der Waals surface area contributed by atoms with Gasteiger partial charge in [0.05, 0.1) is 20.4 Å². The average Bonchev–Trinajstić information content (AvgIpc) is 2.64. The molecule has 26 heavy (non-hydrogen) atoms. The molecule has 0 atom stereocenters. The largest absolute Gasteiger partial charge is 0.493 e. The number of hydrazone groups is 1. The number of carbonyl (C=O) groups excluding carboxylic acids is 2. The van der Waals surface area contributed by atoms with Crippen LogP contribution in [-0.2, 0) is 9.59 Å². The molecule has 2 N–H and O–H groups in total. The zero-order valence-electron chi connectivity index (χ0n) is 14.5. The first-order valence-corrected chi connectivity index (χ1v) is 7.95. The second-order valence-electron chi connectivity index (χ2n) is 5.23. The quantitative estimate of drug-likeness (QED) is 0.477. The van der Waals surface area contributed by atoms with Crippen LogP contribution in [0, 0.1) is 6.92 Å². The summed E-state index contributed by atoms with van der Waals surface area (Å²) in [5.41, 5.74) is 4.11. The number of hydrogen-bond donors (Lipinski definition) is 2. The maximum Gasteiger partial charge on any atom is 0.329 e. The zero-order valence-corrected chi connectivity index (χ0v) is 15.3. The molecule has 2 aromatic rings. The van der Waals surface area contributed by atoms with Crippen molar-refractivity contribution in [3.8, 4) is 11.5 Å². The van der Waals surface area contributed by atoms with Crippen molar-refractivity contribution in [1.29, 1.82) is 0 Å².